The minimum absolute atomic E-state index is 0. The van der Waals surface area contributed by atoms with Gasteiger partial charge in [0.2, 0.25) is 0 Å². The second kappa shape index (κ2) is 18.1. The molecule has 0 N–H and O–H groups in total. The van der Waals surface area contributed by atoms with E-state index >= 15 is 0 Å². The first-order valence-electron chi connectivity index (χ1n) is 13.1. The normalized spacial score (nSPS) is 13.2. The Morgan fingerprint density at radius 2 is 1.48 bits per heavy atom. The quantitative estimate of drug-likeness (QED) is 0.0990. The average Bonchev–Trinajstić information content (AvgIpc) is 2.68. The summed E-state index contributed by atoms with van der Waals surface area (Å²) in [5.74, 6) is 4.56. The molecule has 0 fully saturated rings. The fraction of sp³-hybridized carbons (Fsp3) is 0.733. The number of esters is 1. The van der Waals surface area contributed by atoms with Crippen LogP contribution >= 0.6 is 0 Å². The largest absolute Gasteiger partial charge is 2.00 e. The molecule has 33 heavy (non-hydrogen) atoms. The van der Waals surface area contributed by atoms with Crippen LogP contribution in [0.1, 0.15) is 122 Å². The van der Waals surface area contributed by atoms with Crippen LogP contribution in [0.4, 0.5) is 0 Å². The third-order valence-electron chi connectivity index (χ3n) is 6.75. The molecule has 3 heteroatoms. The van der Waals surface area contributed by atoms with E-state index < -0.39 is 0 Å². The van der Waals surface area contributed by atoms with Gasteiger partial charge in [0, 0.05) is 12.7 Å². The summed E-state index contributed by atoms with van der Waals surface area (Å²) < 4.78 is 5.37. The zero-order valence-corrected chi connectivity index (χ0v) is 27.1. The van der Waals surface area contributed by atoms with Crippen LogP contribution in [0.25, 0.3) is 0 Å². The standard InChI is InChI=1S/C30H50O2.U/c1-22(2)12-9-13-23(3)14-10-15-24(4)16-11-17-25(5)18-19-29-20-26(6)21-30(27(29)7)32-28(8)31;/h21-24H,9-19H2,1-8H3;/q-2;+2. The van der Waals surface area contributed by atoms with E-state index in [1.165, 1.54) is 70.3 Å². The molecule has 1 rings (SSSR count). The van der Waals surface area contributed by atoms with Crippen molar-refractivity contribution >= 4 is 5.97 Å². The molecule has 2 unspecified atom stereocenters. The average molecular weight is 681 g/mol. The summed E-state index contributed by atoms with van der Waals surface area (Å²) in [5.41, 5.74) is 3.25. The Bertz CT molecular complexity index is 668. The molecule has 0 amide bonds. The first-order chi connectivity index (χ1) is 15.1. The maximum absolute atomic E-state index is 11.4. The smallest absolute Gasteiger partial charge is 0.453 e. The van der Waals surface area contributed by atoms with Crippen molar-refractivity contribution in [1.29, 1.82) is 0 Å². The Morgan fingerprint density at radius 1 is 0.939 bits per heavy atom. The van der Waals surface area contributed by atoms with E-state index in [1.807, 2.05) is 19.9 Å². The molecule has 0 heterocycles. The molecular formula is C30H50O2U. The molecule has 1 aromatic rings. The van der Waals surface area contributed by atoms with Gasteiger partial charge in [0.15, 0.2) is 0 Å². The fourth-order valence-corrected chi connectivity index (χ4v) is 4.53. The maximum Gasteiger partial charge on any atom is 2.00 e. The molecule has 0 spiro atoms. The molecule has 2 atom stereocenters. The molecule has 0 saturated heterocycles. The molecule has 2 nitrogen and oxygen atoms in total. The van der Waals surface area contributed by atoms with Crippen LogP contribution in [0, 0.1) is 74.7 Å². The summed E-state index contributed by atoms with van der Waals surface area (Å²) in [6.07, 6.45) is 14.3. The van der Waals surface area contributed by atoms with Gasteiger partial charge in [0.25, 0.3) is 0 Å². The van der Waals surface area contributed by atoms with Gasteiger partial charge in [-0.2, -0.15) is 37.0 Å². The van der Waals surface area contributed by atoms with Crippen LogP contribution in [-0.4, -0.2) is 5.97 Å². The Kier molecular flexibility index (Phi) is 17.9. The van der Waals surface area contributed by atoms with Gasteiger partial charge in [-0.05, 0) is 17.8 Å². The van der Waals surface area contributed by atoms with Gasteiger partial charge < -0.3 is 10.7 Å². The summed E-state index contributed by atoms with van der Waals surface area (Å²) in [6.45, 7) is 17.3. The Morgan fingerprint density at radius 3 is 2.03 bits per heavy atom. The maximum atomic E-state index is 11.4. The molecular weight excluding hydrogens is 630 g/mol. The van der Waals surface area contributed by atoms with Gasteiger partial charge in [-0.1, -0.05) is 99.3 Å². The van der Waals surface area contributed by atoms with E-state index in [1.54, 1.807) is 5.92 Å². The van der Waals surface area contributed by atoms with Crippen molar-refractivity contribution in [1.82, 2.24) is 0 Å². The first kappa shape index (κ1) is 32.7. The predicted molar refractivity (Wildman–Crippen MR) is 138 cm³/mol. The van der Waals surface area contributed by atoms with Crippen molar-refractivity contribution < 1.29 is 40.6 Å². The van der Waals surface area contributed by atoms with Crippen LogP contribution in [0.2, 0.25) is 0 Å². The van der Waals surface area contributed by atoms with E-state index in [0.717, 1.165) is 41.7 Å². The number of hydrogen-bond donors (Lipinski definition) is 0. The number of aryl methyl sites for hydroxylation is 2. The van der Waals surface area contributed by atoms with Gasteiger partial charge in [-0.3, -0.25) is 4.79 Å². The minimum Gasteiger partial charge on any atom is -0.453 e. The van der Waals surface area contributed by atoms with E-state index in [0.29, 0.717) is 5.75 Å². The SMILES string of the molecule is CC(=O)Oc1cc(C)[c-]c(CC[C-](C)CCCC(C)CCCC(C)CCCC(C)C)c1C.[U+2]. The second-order valence-corrected chi connectivity index (χ2v) is 10.8. The van der Waals surface area contributed by atoms with E-state index in [9.17, 15) is 4.79 Å². The molecule has 0 bridgehead atoms. The monoisotopic (exact) mass is 680 g/mol. The third kappa shape index (κ3) is 15.4. The number of ether oxygens (including phenoxy) is 1. The van der Waals surface area contributed by atoms with Crippen LogP contribution in [0.3, 0.4) is 0 Å². The van der Waals surface area contributed by atoms with Gasteiger partial charge in [-0.15, -0.1) is 11.6 Å². The summed E-state index contributed by atoms with van der Waals surface area (Å²) in [6, 6.07) is 5.37. The van der Waals surface area contributed by atoms with Crippen molar-refractivity contribution in [2.24, 2.45) is 17.8 Å². The number of carbonyl (C=O) groups excluding carboxylic acids is 1. The van der Waals surface area contributed by atoms with Crippen LogP contribution < -0.4 is 4.74 Å². The Hall–Kier alpha value is -0.258. The number of hydrogen-bond acceptors (Lipinski definition) is 2. The zero-order valence-electron chi connectivity index (χ0n) is 22.9. The summed E-state index contributed by atoms with van der Waals surface area (Å²) in [7, 11) is 0. The van der Waals surface area contributed by atoms with Crippen molar-refractivity contribution in [2.75, 3.05) is 0 Å². The fourth-order valence-electron chi connectivity index (χ4n) is 4.53. The second-order valence-electron chi connectivity index (χ2n) is 10.8. The Labute approximate surface area is 229 Å². The minimum atomic E-state index is -0.262. The topological polar surface area (TPSA) is 26.3 Å². The third-order valence-corrected chi connectivity index (χ3v) is 6.75. The van der Waals surface area contributed by atoms with Gasteiger partial charge in [-0.25, -0.2) is 0 Å². The Balaban J connectivity index is 0.0000102. The van der Waals surface area contributed by atoms with Crippen LogP contribution in [0.15, 0.2) is 6.07 Å². The van der Waals surface area contributed by atoms with Crippen molar-refractivity contribution in [3.05, 3.63) is 34.7 Å². The van der Waals surface area contributed by atoms with Crippen molar-refractivity contribution in [2.45, 2.75) is 126 Å². The van der Waals surface area contributed by atoms with Crippen LogP contribution in [-0.2, 0) is 11.2 Å². The molecule has 0 saturated carbocycles. The van der Waals surface area contributed by atoms with Crippen molar-refractivity contribution in [3.63, 3.8) is 0 Å². The van der Waals surface area contributed by atoms with Crippen molar-refractivity contribution in [3.8, 4) is 5.75 Å². The van der Waals surface area contributed by atoms with E-state index in [-0.39, 0.29) is 37.1 Å². The molecule has 0 aliphatic carbocycles. The van der Waals surface area contributed by atoms with E-state index in [4.69, 9.17) is 4.74 Å². The summed E-state index contributed by atoms with van der Waals surface area (Å²) in [5, 5.41) is 0. The van der Waals surface area contributed by atoms with E-state index in [2.05, 4.69) is 40.7 Å². The summed E-state index contributed by atoms with van der Waals surface area (Å²) >= 11 is 0. The predicted octanol–water partition coefficient (Wildman–Crippen LogP) is 9.00. The summed E-state index contributed by atoms with van der Waals surface area (Å²) in [4.78, 5) is 11.4. The van der Waals surface area contributed by atoms with Gasteiger partial charge >= 0.3 is 37.1 Å². The van der Waals surface area contributed by atoms with Crippen LogP contribution in [0.5, 0.6) is 5.75 Å². The van der Waals surface area contributed by atoms with Gasteiger partial charge in [0.1, 0.15) is 0 Å². The number of carbonyl (C=O) groups is 1. The number of benzene rings is 1. The van der Waals surface area contributed by atoms with Gasteiger partial charge in [0.05, 0.1) is 0 Å². The molecule has 0 aliphatic rings. The zero-order chi connectivity index (χ0) is 24.1. The molecule has 0 aromatic heterocycles. The molecule has 186 valence electrons. The molecule has 1 aromatic carbocycles. The molecule has 0 aliphatic heterocycles. The molecule has 0 radical (unpaired) electrons. The number of rotatable bonds is 16. The first-order valence-corrected chi connectivity index (χ1v) is 13.1.